The van der Waals surface area contributed by atoms with Crippen LogP contribution in [0.1, 0.15) is 10.5 Å². The number of carbonyl (C=O) groups is 1. The van der Waals surface area contributed by atoms with Crippen molar-refractivity contribution in [3.8, 4) is 11.4 Å². The van der Waals surface area contributed by atoms with Gasteiger partial charge in [0.25, 0.3) is 0 Å². The van der Waals surface area contributed by atoms with E-state index in [0.29, 0.717) is 15.0 Å². The van der Waals surface area contributed by atoms with E-state index in [9.17, 15) is 4.79 Å². The third-order valence-electron chi connectivity index (χ3n) is 2.00. The highest BCUT2D eigenvalue weighted by Gasteiger charge is 2.20. The van der Waals surface area contributed by atoms with Gasteiger partial charge in [-0.15, -0.1) is 0 Å². The van der Waals surface area contributed by atoms with Gasteiger partial charge in [-0.25, -0.2) is 4.79 Å². The zero-order chi connectivity index (χ0) is 11.7. The van der Waals surface area contributed by atoms with Crippen molar-refractivity contribution in [3.63, 3.8) is 0 Å². The lowest BCUT2D eigenvalue weighted by Crippen LogP contribution is -2.06. The molecule has 0 amide bonds. The quantitative estimate of drug-likeness (QED) is 0.837. The van der Waals surface area contributed by atoms with Crippen molar-refractivity contribution in [2.24, 2.45) is 7.05 Å². The van der Waals surface area contributed by atoms with E-state index >= 15 is 0 Å². The van der Waals surface area contributed by atoms with Gasteiger partial charge in [0.05, 0.1) is 9.77 Å². The Labute approximate surface area is 104 Å². The van der Waals surface area contributed by atoms with Crippen LogP contribution in [0.4, 0.5) is 0 Å². The molecule has 0 bridgehead atoms. The second kappa shape index (κ2) is 4.16. The van der Waals surface area contributed by atoms with Gasteiger partial charge in [0.2, 0.25) is 0 Å². The zero-order valence-corrected chi connectivity index (χ0v) is 10.4. The summed E-state index contributed by atoms with van der Waals surface area (Å²) >= 11 is 1.95. The number of aromatic carboxylic acids is 1. The Kier molecular flexibility index (Phi) is 2.86. The first-order valence-electron chi connectivity index (χ1n) is 4.33. The third-order valence-corrected chi connectivity index (χ3v) is 3.02. The number of carboxylic acid groups (broad SMARTS) is 1. The minimum Gasteiger partial charge on any atom is -0.476 e. The minimum atomic E-state index is -1.01. The van der Waals surface area contributed by atoms with Crippen LogP contribution in [0.2, 0.25) is 0 Å². The molecule has 0 fully saturated rings. The molecule has 2 aromatic heterocycles. The summed E-state index contributed by atoms with van der Waals surface area (Å²) in [6.45, 7) is 0. The summed E-state index contributed by atoms with van der Waals surface area (Å²) in [5, 5.41) is 13.1. The highest BCUT2D eigenvalue weighted by Crippen LogP contribution is 2.24. The van der Waals surface area contributed by atoms with Crippen molar-refractivity contribution in [2.45, 2.75) is 0 Å². The third kappa shape index (κ3) is 1.77. The first-order chi connectivity index (χ1) is 7.61. The van der Waals surface area contributed by atoms with Crippen LogP contribution in [0, 0.1) is 3.57 Å². The highest BCUT2D eigenvalue weighted by atomic mass is 127. The maximum Gasteiger partial charge on any atom is 0.355 e. The molecule has 0 unspecified atom stereocenters. The Morgan fingerprint density at radius 2 is 2.25 bits per heavy atom. The van der Waals surface area contributed by atoms with Crippen molar-refractivity contribution < 1.29 is 9.90 Å². The molecule has 0 aliphatic heterocycles. The van der Waals surface area contributed by atoms with Crippen LogP contribution in [-0.2, 0) is 7.05 Å². The average molecular weight is 330 g/mol. The molecule has 0 saturated heterocycles. The van der Waals surface area contributed by atoms with Crippen LogP contribution in [0.15, 0.2) is 18.6 Å². The van der Waals surface area contributed by atoms with E-state index in [2.05, 4.69) is 15.1 Å². The van der Waals surface area contributed by atoms with Crippen LogP contribution in [0.3, 0.4) is 0 Å². The maximum absolute atomic E-state index is 11.0. The molecule has 2 rings (SSSR count). The Morgan fingerprint density at radius 3 is 2.75 bits per heavy atom. The van der Waals surface area contributed by atoms with Gasteiger partial charge in [-0.05, 0) is 22.6 Å². The summed E-state index contributed by atoms with van der Waals surface area (Å²) in [7, 11) is 1.59. The van der Waals surface area contributed by atoms with Gasteiger partial charge in [0, 0.05) is 19.4 Å². The van der Waals surface area contributed by atoms with Crippen molar-refractivity contribution in [3.05, 3.63) is 27.9 Å². The molecule has 1 N–H and O–H groups in total. The second-order valence-corrected chi connectivity index (χ2v) is 4.11. The molecule has 0 aliphatic rings. The fraction of sp³-hybridized carbons (Fsp3) is 0.111. The minimum absolute atomic E-state index is 0.154. The molecule has 0 aromatic carbocycles. The van der Waals surface area contributed by atoms with E-state index in [1.54, 1.807) is 25.6 Å². The molecule has 0 saturated carbocycles. The largest absolute Gasteiger partial charge is 0.476 e. The van der Waals surface area contributed by atoms with Crippen molar-refractivity contribution >= 4 is 28.6 Å². The van der Waals surface area contributed by atoms with Gasteiger partial charge in [-0.2, -0.15) is 5.10 Å². The highest BCUT2D eigenvalue weighted by molar-refractivity contribution is 14.1. The molecule has 82 valence electrons. The number of halogens is 1. The molecule has 7 heteroatoms. The van der Waals surface area contributed by atoms with E-state index in [-0.39, 0.29) is 5.69 Å². The molecule has 0 radical (unpaired) electrons. The number of carboxylic acids is 1. The smallest absolute Gasteiger partial charge is 0.355 e. The topological polar surface area (TPSA) is 80.9 Å². The standard InChI is InChI=1S/C9H7IN4O2/c1-14-8(9(15)16)6(10)7(13-14)5-4-11-2-3-12-5/h2-4H,1H3,(H,15,16). The van der Waals surface area contributed by atoms with E-state index in [0.717, 1.165) is 0 Å². The lowest BCUT2D eigenvalue weighted by molar-refractivity contribution is 0.0684. The molecule has 2 heterocycles. The van der Waals surface area contributed by atoms with E-state index in [1.165, 1.54) is 4.68 Å². The summed E-state index contributed by atoms with van der Waals surface area (Å²) in [6, 6.07) is 0. The van der Waals surface area contributed by atoms with E-state index in [1.807, 2.05) is 22.6 Å². The summed E-state index contributed by atoms with van der Waals surface area (Å²) in [6.07, 6.45) is 4.65. The second-order valence-electron chi connectivity index (χ2n) is 3.03. The number of hydrogen-bond donors (Lipinski definition) is 1. The van der Waals surface area contributed by atoms with Gasteiger partial charge < -0.3 is 5.11 Å². The molecule has 0 spiro atoms. The summed E-state index contributed by atoms with van der Waals surface area (Å²) < 4.78 is 1.89. The number of hydrogen-bond acceptors (Lipinski definition) is 4. The number of rotatable bonds is 2. The molecule has 0 atom stereocenters. The fourth-order valence-corrected chi connectivity index (χ4v) is 2.28. The van der Waals surface area contributed by atoms with Gasteiger partial charge in [-0.1, -0.05) is 0 Å². The Morgan fingerprint density at radius 1 is 1.50 bits per heavy atom. The van der Waals surface area contributed by atoms with Crippen LogP contribution >= 0.6 is 22.6 Å². The van der Waals surface area contributed by atoms with Crippen LogP contribution in [-0.4, -0.2) is 30.8 Å². The van der Waals surface area contributed by atoms with Crippen LogP contribution < -0.4 is 0 Å². The normalized spacial score (nSPS) is 10.4. The van der Waals surface area contributed by atoms with E-state index in [4.69, 9.17) is 5.11 Å². The summed E-state index contributed by atoms with van der Waals surface area (Å²) in [4.78, 5) is 19.0. The molecule has 0 aliphatic carbocycles. The van der Waals surface area contributed by atoms with Crippen LogP contribution in [0.25, 0.3) is 11.4 Å². The predicted octanol–water partition coefficient (Wildman–Crippen LogP) is 1.18. The number of aryl methyl sites for hydroxylation is 1. The van der Waals surface area contributed by atoms with Gasteiger partial charge in [-0.3, -0.25) is 14.6 Å². The summed E-state index contributed by atoms with van der Waals surface area (Å²) in [5.74, 6) is -1.01. The summed E-state index contributed by atoms with van der Waals surface area (Å²) in [5.41, 5.74) is 1.25. The number of aromatic nitrogens is 4. The molecule has 6 nitrogen and oxygen atoms in total. The maximum atomic E-state index is 11.0. The SMILES string of the molecule is Cn1nc(-c2cnccn2)c(I)c1C(=O)O. The Bertz CT molecular complexity index is 538. The Hall–Kier alpha value is -1.51. The first-order valence-corrected chi connectivity index (χ1v) is 5.41. The molecular weight excluding hydrogens is 323 g/mol. The first kappa shape index (κ1) is 11.0. The predicted molar refractivity (Wildman–Crippen MR) is 63.9 cm³/mol. The average Bonchev–Trinajstić information content (AvgIpc) is 2.55. The lowest BCUT2D eigenvalue weighted by Gasteiger charge is -1.94. The van der Waals surface area contributed by atoms with E-state index < -0.39 is 5.97 Å². The number of nitrogens with zero attached hydrogens (tertiary/aromatic N) is 4. The van der Waals surface area contributed by atoms with Crippen molar-refractivity contribution in [1.29, 1.82) is 0 Å². The lowest BCUT2D eigenvalue weighted by atomic mass is 10.3. The van der Waals surface area contributed by atoms with Crippen LogP contribution in [0.5, 0.6) is 0 Å². The fourth-order valence-electron chi connectivity index (χ4n) is 1.32. The monoisotopic (exact) mass is 330 g/mol. The van der Waals surface area contributed by atoms with Crippen molar-refractivity contribution in [1.82, 2.24) is 19.7 Å². The molecule has 2 aromatic rings. The Balaban J connectivity index is 2.61. The van der Waals surface area contributed by atoms with Gasteiger partial charge >= 0.3 is 5.97 Å². The molecule has 16 heavy (non-hydrogen) atoms. The van der Waals surface area contributed by atoms with Gasteiger partial charge in [0.1, 0.15) is 11.4 Å². The molecular formula is C9H7IN4O2. The van der Waals surface area contributed by atoms with Gasteiger partial charge in [0.15, 0.2) is 5.69 Å². The van der Waals surface area contributed by atoms with Crippen molar-refractivity contribution in [2.75, 3.05) is 0 Å². The zero-order valence-electron chi connectivity index (χ0n) is 8.25.